The fourth-order valence-corrected chi connectivity index (χ4v) is 5.43. The summed E-state index contributed by atoms with van der Waals surface area (Å²) in [4.78, 5) is 0. The molecule has 0 N–H and O–H groups in total. The maximum Gasteiger partial charge on any atom is 0.0299 e. The lowest BCUT2D eigenvalue weighted by atomic mass is 9.72. The van der Waals surface area contributed by atoms with Gasteiger partial charge in [0.15, 0.2) is 0 Å². The molecule has 0 heterocycles. The molecular formula is C40H52. The smallest absolute Gasteiger partial charge is 0.0299 e. The van der Waals surface area contributed by atoms with Crippen LogP contribution in [0.25, 0.3) is 0 Å². The van der Waals surface area contributed by atoms with Gasteiger partial charge in [-0.05, 0) is 106 Å². The van der Waals surface area contributed by atoms with Crippen molar-refractivity contribution in [2.75, 3.05) is 0 Å². The monoisotopic (exact) mass is 532 g/mol. The van der Waals surface area contributed by atoms with E-state index in [0.717, 1.165) is 18.4 Å². The van der Waals surface area contributed by atoms with Crippen LogP contribution in [0.3, 0.4) is 0 Å². The molecule has 1 unspecified atom stereocenters. The highest BCUT2D eigenvalue weighted by Gasteiger charge is 2.27. The van der Waals surface area contributed by atoms with Crippen molar-refractivity contribution in [3.8, 4) is 35.5 Å². The summed E-state index contributed by atoms with van der Waals surface area (Å²) in [6, 6.07) is 0. The molecular weight excluding hydrogens is 480 g/mol. The fourth-order valence-electron chi connectivity index (χ4n) is 5.43. The molecule has 2 aliphatic carbocycles. The van der Waals surface area contributed by atoms with E-state index in [-0.39, 0.29) is 16.7 Å². The summed E-state index contributed by atoms with van der Waals surface area (Å²) in [6.45, 7) is 22.3. The lowest BCUT2D eigenvalue weighted by Gasteiger charge is -2.32. The summed E-state index contributed by atoms with van der Waals surface area (Å²) in [5, 5.41) is 0. The molecule has 0 saturated carbocycles. The molecule has 0 heteroatoms. The molecule has 0 spiro atoms. The Hall–Kier alpha value is -3.14. The average molecular weight is 533 g/mol. The minimum Gasteiger partial charge on any atom is -0.0989 e. The van der Waals surface area contributed by atoms with Crippen LogP contribution in [0, 0.1) is 52.3 Å². The van der Waals surface area contributed by atoms with E-state index < -0.39 is 0 Å². The van der Waals surface area contributed by atoms with Crippen LogP contribution in [0.15, 0.2) is 81.5 Å². The van der Waals surface area contributed by atoms with Crippen molar-refractivity contribution in [1.29, 1.82) is 0 Å². The Morgan fingerprint density at radius 1 is 0.975 bits per heavy atom. The third kappa shape index (κ3) is 11.2. The van der Waals surface area contributed by atoms with Gasteiger partial charge in [-0.15, -0.1) is 0 Å². The van der Waals surface area contributed by atoms with Crippen molar-refractivity contribution < 1.29 is 0 Å². The Kier molecular flexibility index (Phi) is 12.9. The molecule has 0 saturated heterocycles. The Morgan fingerprint density at radius 3 is 2.42 bits per heavy atom. The zero-order chi connectivity index (χ0) is 29.8. The van der Waals surface area contributed by atoms with Crippen LogP contribution in [0.2, 0.25) is 0 Å². The van der Waals surface area contributed by atoms with Gasteiger partial charge in [0, 0.05) is 24.3 Å². The van der Waals surface area contributed by atoms with Crippen LogP contribution in [0.1, 0.15) is 114 Å². The molecule has 2 rings (SSSR count). The highest BCUT2D eigenvalue weighted by Crippen LogP contribution is 2.41. The molecule has 0 aliphatic heterocycles. The van der Waals surface area contributed by atoms with E-state index in [2.05, 4.69) is 128 Å². The number of allylic oxidation sites excluding steroid dienone is 14. The Bertz CT molecular complexity index is 1320. The first-order valence-corrected chi connectivity index (χ1v) is 15.1. The summed E-state index contributed by atoms with van der Waals surface area (Å²) in [5.74, 6) is 19.7. The van der Waals surface area contributed by atoms with Crippen molar-refractivity contribution in [1.82, 2.24) is 0 Å². The van der Waals surface area contributed by atoms with Crippen LogP contribution < -0.4 is 0 Å². The normalized spacial score (nSPS) is 21.1. The topological polar surface area (TPSA) is 0 Å². The van der Waals surface area contributed by atoms with Crippen LogP contribution in [0.4, 0.5) is 0 Å². The number of hydrogen-bond donors (Lipinski definition) is 0. The van der Waals surface area contributed by atoms with E-state index in [1.807, 2.05) is 19.1 Å². The predicted molar refractivity (Wildman–Crippen MR) is 177 cm³/mol. The predicted octanol–water partition coefficient (Wildman–Crippen LogP) is 11.0. The Balaban J connectivity index is 1.86. The quantitative estimate of drug-likeness (QED) is 0.244. The lowest BCUT2D eigenvalue weighted by Crippen LogP contribution is -2.19. The van der Waals surface area contributed by atoms with Crippen molar-refractivity contribution in [2.45, 2.75) is 114 Å². The maximum absolute atomic E-state index is 3.36. The molecule has 40 heavy (non-hydrogen) atoms. The molecule has 0 aromatic rings. The van der Waals surface area contributed by atoms with Crippen LogP contribution >= 0.6 is 0 Å². The first-order valence-electron chi connectivity index (χ1n) is 15.1. The molecule has 0 fully saturated rings. The third-order valence-corrected chi connectivity index (χ3v) is 8.05. The van der Waals surface area contributed by atoms with Crippen molar-refractivity contribution in [3.63, 3.8) is 0 Å². The van der Waals surface area contributed by atoms with Gasteiger partial charge in [0.2, 0.25) is 0 Å². The second kappa shape index (κ2) is 15.6. The Morgan fingerprint density at radius 2 is 1.73 bits per heavy atom. The van der Waals surface area contributed by atoms with E-state index in [1.165, 1.54) is 65.5 Å². The molecule has 0 nitrogen and oxygen atoms in total. The lowest BCUT2D eigenvalue weighted by molar-refractivity contribution is 0.377. The first kappa shape index (κ1) is 33.1. The second-order valence-electron chi connectivity index (χ2n) is 13.1. The van der Waals surface area contributed by atoms with Gasteiger partial charge < -0.3 is 0 Å². The summed E-state index contributed by atoms with van der Waals surface area (Å²) in [7, 11) is 0. The third-order valence-electron chi connectivity index (χ3n) is 8.05. The minimum atomic E-state index is 0.253. The molecule has 0 aromatic carbocycles. The van der Waals surface area contributed by atoms with Gasteiger partial charge >= 0.3 is 0 Å². The van der Waals surface area contributed by atoms with Gasteiger partial charge in [0.1, 0.15) is 0 Å². The highest BCUT2D eigenvalue weighted by molar-refractivity contribution is 5.41. The van der Waals surface area contributed by atoms with Crippen LogP contribution in [0.5, 0.6) is 0 Å². The van der Waals surface area contributed by atoms with E-state index in [4.69, 9.17) is 0 Å². The summed E-state index contributed by atoms with van der Waals surface area (Å²) in [5.41, 5.74) is 9.86. The fraction of sp³-hybridized carbons (Fsp3) is 0.500. The molecule has 0 radical (unpaired) electrons. The molecule has 0 bridgehead atoms. The van der Waals surface area contributed by atoms with Crippen LogP contribution in [-0.2, 0) is 0 Å². The molecule has 0 amide bonds. The first-order chi connectivity index (χ1) is 18.8. The number of hydrogen-bond acceptors (Lipinski definition) is 0. The number of rotatable bonds is 5. The van der Waals surface area contributed by atoms with E-state index in [1.54, 1.807) is 0 Å². The zero-order valence-corrected chi connectivity index (χ0v) is 27.1. The zero-order valence-electron chi connectivity index (χ0n) is 27.1. The Labute approximate surface area is 247 Å². The average Bonchev–Trinajstić information content (AvgIpc) is 2.85. The maximum atomic E-state index is 3.36. The van der Waals surface area contributed by atoms with Crippen LogP contribution in [-0.4, -0.2) is 0 Å². The van der Waals surface area contributed by atoms with E-state index in [0.29, 0.717) is 0 Å². The van der Waals surface area contributed by atoms with Gasteiger partial charge in [0.25, 0.3) is 0 Å². The van der Waals surface area contributed by atoms with Gasteiger partial charge in [-0.1, -0.05) is 117 Å². The summed E-state index contributed by atoms with van der Waals surface area (Å²) in [6.07, 6.45) is 23.1. The van der Waals surface area contributed by atoms with E-state index >= 15 is 0 Å². The van der Waals surface area contributed by atoms with Crippen molar-refractivity contribution >= 4 is 0 Å². The van der Waals surface area contributed by atoms with Gasteiger partial charge in [-0.3, -0.25) is 0 Å². The van der Waals surface area contributed by atoms with Gasteiger partial charge in [-0.2, -0.15) is 0 Å². The molecule has 212 valence electrons. The standard InChI is InChI=1S/C40H52/c1-31(19-13-21-33(3)25-27-37-35(5)23-15-29-39(37,7)8)17-11-12-18-32(2)20-14-22-34(4)26-28-38-36(6)24-16-30-40(38,9)10/h17,21,24-28,32H,15-16,18,22-23,29-30H2,1-10H3/b27-25+,31-17+,33-21+,34-26+,38-28+. The van der Waals surface area contributed by atoms with Gasteiger partial charge in [0.05, 0.1) is 0 Å². The van der Waals surface area contributed by atoms with Gasteiger partial charge in [-0.25, -0.2) is 0 Å². The van der Waals surface area contributed by atoms with Crippen molar-refractivity contribution in [3.05, 3.63) is 81.5 Å². The highest BCUT2D eigenvalue weighted by atomic mass is 14.3. The molecule has 1 atom stereocenters. The van der Waals surface area contributed by atoms with Crippen molar-refractivity contribution in [2.24, 2.45) is 16.7 Å². The molecule has 0 aromatic heterocycles. The summed E-state index contributed by atoms with van der Waals surface area (Å²) >= 11 is 0. The largest absolute Gasteiger partial charge is 0.0989 e. The SMILES string of the molecule is CC1=CCCC(C)(C)/C1=C/C=C(\C)CC#CC(C)CC#C/C=C(\C)C#C/C=C(C)/C=C/C1=C(C)CCCC1(C)C. The minimum absolute atomic E-state index is 0.253. The second-order valence-corrected chi connectivity index (χ2v) is 13.1. The molecule has 2 aliphatic rings. The van der Waals surface area contributed by atoms with E-state index in [9.17, 15) is 0 Å². The summed E-state index contributed by atoms with van der Waals surface area (Å²) < 4.78 is 0.